The highest BCUT2D eigenvalue weighted by molar-refractivity contribution is 7.46. The average Bonchev–Trinajstić information content (AvgIpc) is 2.86. The predicted octanol–water partition coefficient (Wildman–Crippen LogP) is 5.83. The van der Waals surface area contributed by atoms with E-state index in [4.69, 9.17) is 14.5 Å². The number of hydrogen-bond acceptors (Lipinski definition) is 6. The number of nitrogens with zero attached hydrogens (tertiary/aromatic N) is 2. The van der Waals surface area contributed by atoms with Crippen LogP contribution in [0.1, 0.15) is 75.8 Å². The van der Waals surface area contributed by atoms with E-state index in [-0.39, 0.29) is 31.6 Å². The van der Waals surface area contributed by atoms with Gasteiger partial charge in [0.1, 0.15) is 5.75 Å². The first-order valence-corrected chi connectivity index (χ1v) is 14.5. The number of hydrogen-bond donors (Lipinski definition) is 3. The normalized spacial score (nSPS) is 11.1. The molecule has 1 amide bonds. The summed E-state index contributed by atoms with van der Waals surface area (Å²) in [4.78, 5) is 36.4. The Morgan fingerprint density at radius 2 is 1.68 bits per heavy atom. The smallest absolute Gasteiger partial charge is 0.469 e. The molecule has 0 atom stereocenters. The predicted molar refractivity (Wildman–Crippen MR) is 146 cm³/mol. The summed E-state index contributed by atoms with van der Waals surface area (Å²) in [5.41, 5.74) is 1.84. The topological polar surface area (TPSA) is 144 Å². The van der Waals surface area contributed by atoms with Crippen LogP contribution in [-0.2, 0) is 26.8 Å². The monoisotopic (exact) mass is 537 g/mol. The first-order valence-electron chi connectivity index (χ1n) is 13.0. The Morgan fingerprint density at radius 3 is 2.35 bits per heavy atom. The van der Waals surface area contributed by atoms with Crippen molar-refractivity contribution in [3.8, 4) is 5.75 Å². The third-order valence-corrected chi connectivity index (χ3v) is 6.38. The first-order chi connectivity index (χ1) is 17.4. The molecule has 0 radical (unpaired) electrons. The number of carbonyl (C=O) groups is 1. The number of carbonyl (C=O) groups excluding carboxylic acids is 1. The highest BCUT2D eigenvalue weighted by Crippen LogP contribution is 2.35. The van der Waals surface area contributed by atoms with Gasteiger partial charge in [0.2, 0.25) is 5.91 Å². The maximum absolute atomic E-state index is 12.9. The number of unbranched alkanes of at least 4 members (excludes halogenated alkanes) is 7. The molecule has 0 spiro atoms. The number of amides is 1. The standard InChI is InChI=1S/C27H41N2O6P.H3N/c1-2-3-4-5-6-7-8-9-19-34-26-14-10-12-24(21-26)15-16-27(30)29(18-20-35-36(31,32)33)23-25-13-11-17-28-22-25;/h10-14,17,21-22H,2-9,15-16,18-20,23H2,1H3,(H2,31,32,33);1H3. The lowest BCUT2D eigenvalue weighted by Crippen LogP contribution is -2.33. The molecule has 0 saturated carbocycles. The number of aryl methyl sites for hydroxylation is 1. The van der Waals surface area contributed by atoms with E-state index in [1.807, 2.05) is 30.3 Å². The van der Waals surface area contributed by atoms with Gasteiger partial charge in [-0.05, 0) is 42.2 Å². The van der Waals surface area contributed by atoms with Crippen LogP contribution in [0.25, 0.3) is 0 Å². The molecule has 0 bridgehead atoms. The molecule has 0 aliphatic heterocycles. The quantitative estimate of drug-likeness (QED) is 0.150. The zero-order valence-electron chi connectivity index (χ0n) is 22.1. The van der Waals surface area contributed by atoms with Gasteiger partial charge in [0.15, 0.2) is 0 Å². The van der Waals surface area contributed by atoms with Gasteiger partial charge >= 0.3 is 7.82 Å². The fourth-order valence-corrected chi connectivity index (χ4v) is 4.22. The van der Waals surface area contributed by atoms with E-state index >= 15 is 0 Å². The van der Waals surface area contributed by atoms with Crippen LogP contribution in [0.4, 0.5) is 0 Å². The van der Waals surface area contributed by atoms with Crippen LogP contribution >= 0.6 is 7.82 Å². The van der Waals surface area contributed by atoms with Crippen LogP contribution in [0.5, 0.6) is 5.75 Å². The largest absolute Gasteiger partial charge is 0.494 e. The van der Waals surface area contributed by atoms with Crippen molar-refractivity contribution in [2.45, 2.75) is 77.7 Å². The number of phosphoric acid groups is 1. The molecule has 2 rings (SSSR count). The van der Waals surface area contributed by atoms with Crippen molar-refractivity contribution in [3.05, 3.63) is 59.9 Å². The molecular weight excluding hydrogens is 493 g/mol. The second kappa shape index (κ2) is 18.9. The second-order valence-corrected chi connectivity index (χ2v) is 10.2. The lowest BCUT2D eigenvalue weighted by molar-refractivity contribution is -0.132. The second-order valence-electron chi connectivity index (χ2n) is 8.97. The van der Waals surface area contributed by atoms with Gasteiger partial charge in [-0.2, -0.15) is 0 Å². The molecule has 1 aromatic heterocycles. The summed E-state index contributed by atoms with van der Waals surface area (Å²) in [6.07, 6.45) is 14.2. The summed E-state index contributed by atoms with van der Waals surface area (Å²) in [6.45, 7) is 3.03. The summed E-state index contributed by atoms with van der Waals surface area (Å²) in [7, 11) is -4.59. The van der Waals surface area contributed by atoms with E-state index in [1.165, 1.54) is 49.8 Å². The molecule has 5 N–H and O–H groups in total. The Bertz CT molecular complexity index is 925. The van der Waals surface area contributed by atoms with Crippen molar-refractivity contribution >= 4 is 13.7 Å². The average molecular weight is 538 g/mol. The summed E-state index contributed by atoms with van der Waals surface area (Å²) >= 11 is 0. The van der Waals surface area contributed by atoms with Crippen molar-refractivity contribution < 1.29 is 28.4 Å². The Morgan fingerprint density at radius 1 is 0.973 bits per heavy atom. The number of phosphoric ester groups is 1. The molecule has 2 aromatic rings. The molecular formula is C27H44N3O6P. The first kappa shape index (κ1) is 32.7. The van der Waals surface area contributed by atoms with E-state index < -0.39 is 7.82 Å². The van der Waals surface area contributed by atoms with Gasteiger partial charge in [-0.25, -0.2) is 4.57 Å². The van der Waals surface area contributed by atoms with Crippen molar-refractivity contribution in [1.82, 2.24) is 16.0 Å². The zero-order valence-corrected chi connectivity index (χ0v) is 23.0. The minimum absolute atomic E-state index is 0. The molecule has 1 heterocycles. The molecule has 0 aliphatic carbocycles. The fraction of sp³-hybridized carbons (Fsp3) is 0.556. The van der Waals surface area contributed by atoms with Gasteiger partial charge in [-0.15, -0.1) is 0 Å². The third-order valence-electron chi connectivity index (χ3n) is 5.86. The molecule has 1 aromatic carbocycles. The van der Waals surface area contributed by atoms with Gasteiger partial charge in [0.05, 0.1) is 13.2 Å². The minimum atomic E-state index is -4.59. The summed E-state index contributed by atoms with van der Waals surface area (Å²) in [5.74, 6) is 0.684. The van der Waals surface area contributed by atoms with Crippen molar-refractivity contribution in [2.75, 3.05) is 19.8 Å². The van der Waals surface area contributed by atoms with Crippen LogP contribution in [-0.4, -0.2) is 45.3 Å². The van der Waals surface area contributed by atoms with Gasteiger partial charge in [0, 0.05) is 31.9 Å². The van der Waals surface area contributed by atoms with Gasteiger partial charge < -0.3 is 25.6 Å². The number of benzene rings is 1. The number of ether oxygens (including phenoxy) is 1. The fourth-order valence-electron chi connectivity index (χ4n) is 3.90. The highest BCUT2D eigenvalue weighted by atomic mass is 31.2. The Labute approximate surface area is 221 Å². The van der Waals surface area contributed by atoms with Crippen LogP contribution in [0.2, 0.25) is 0 Å². The molecule has 0 unspecified atom stereocenters. The molecule has 208 valence electrons. The van der Waals surface area contributed by atoms with Gasteiger partial charge in [-0.3, -0.25) is 14.3 Å². The van der Waals surface area contributed by atoms with E-state index in [0.717, 1.165) is 23.3 Å². The lowest BCUT2D eigenvalue weighted by Gasteiger charge is -2.23. The Kier molecular flexibility index (Phi) is 16.7. The SMILES string of the molecule is CCCCCCCCCCOc1cccc(CCC(=O)N(CCOP(=O)(O)O)Cc2cccnc2)c1.N. The van der Waals surface area contributed by atoms with Gasteiger partial charge in [0.25, 0.3) is 0 Å². The number of aromatic nitrogens is 1. The Balaban J connectivity index is 0.00000684. The van der Waals surface area contributed by atoms with E-state index in [0.29, 0.717) is 19.6 Å². The minimum Gasteiger partial charge on any atom is -0.494 e. The zero-order chi connectivity index (χ0) is 26.1. The maximum atomic E-state index is 12.9. The van der Waals surface area contributed by atoms with Crippen LogP contribution < -0.4 is 10.9 Å². The molecule has 0 aliphatic rings. The maximum Gasteiger partial charge on any atom is 0.469 e. The lowest BCUT2D eigenvalue weighted by atomic mass is 10.1. The Hall–Kier alpha value is -2.29. The van der Waals surface area contributed by atoms with E-state index in [2.05, 4.69) is 16.4 Å². The third kappa shape index (κ3) is 15.5. The van der Waals surface area contributed by atoms with E-state index in [9.17, 15) is 9.36 Å². The molecule has 37 heavy (non-hydrogen) atoms. The van der Waals surface area contributed by atoms with Gasteiger partial charge in [-0.1, -0.05) is 70.1 Å². The van der Waals surface area contributed by atoms with Crippen molar-refractivity contribution in [3.63, 3.8) is 0 Å². The van der Waals surface area contributed by atoms with Crippen LogP contribution in [0.15, 0.2) is 48.8 Å². The molecule has 9 nitrogen and oxygen atoms in total. The molecule has 10 heteroatoms. The number of rotatable bonds is 19. The summed E-state index contributed by atoms with van der Waals surface area (Å²) in [5, 5.41) is 0. The summed E-state index contributed by atoms with van der Waals surface area (Å²) < 4.78 is 21.5. The summed E-state index contributed by atoms with van der Waals surface area (Å²) in [6, 6.07) is 11.4. The number of pyridine rings is 1. The van der Waals surface area contributed by atoms with Crippen molar-refractivity contribution in [1.29, 1.82) is 0 Å². The van der Waals surface area contributed by atoms with Crippen LogP contribution in [0, 0.1) is 0 Å². The van der Waals surface area contributed by atoms with Crippen LogP contribution in [0.3, 0.4) is 0 Å². The molecule has 0 fully saturated rings. The highest BCUT2D eigenvalue weighted by Gasteiger charge is 2.18. The van der Waals surface area contributed by atoms with E-state index in [1.54, 1.807) is 18.5 Å². The van der Waals surface area contributed by atoms with Crippen molar-refractivity contribution in [2.24, 2.45) is 0 Å². The molecule has 0 saturated heterocycles.